The Morgan fingerprint density at radius 3 is 2.36 bits per heavy atom. The molecule has 1 heterocycles. The second-order valence-electron chi connectivity index (χ2n) is 6.43. The number of halogens is 1. The average molecular weight is 364 g/mol. The minimum atomic E-state index is -0.740. The van der Waals surface area contributed by atoms with Gasteiger partial charge in [0.05, 0.1) is 16.8 Å². The van der Waals surface area contributed by atoms with E-state index >= 15 is 0 Å². The molecule has 0 aliphatic heterocycles. The molecule has 0 unspecified atom stereocenters. The van der Waals surface area contributed by atoms with E-state index in [0.717, 1.165) is 22.6 Å². The maximum absolute atomic E-state index is 11.6. The van der Waals surface area contributed by atoms with Crippen LogP contribution in [0.3, 0.4) is 0 Å². The summed E-state index contributed by atoms with van der Waals surface area (Å²) in [5, 5.41) is 18.2. The summed E-state index contributed by atoms with van der Waals surface area (Å²) in [7, 11) is 0. The van der Waals surface area contributed by atoms with Gasteiger partial charge in [0.1, 0.15) is 0 Å². The van der Waals surface area contributed by atoms with Gasteiger partial charge in [0.15, 0.2) is 0 Å². The summed E-state index contributed by atoms with van der Waals surface area (Å²) in [6.07, 6.45) is 1.21. The third kappa shape index (κ3) is 4.05. The van der Waals surface area contributed by atoms with Crippen LogP contribution >= 0.6 is 11.6 Å². The first-order chi connectivity index (χ1) is 11.8. The van der Waals surface area contributed by atoms with Crippen LogP contribution in [-0.2, 0) is 11.3 Å². The van der Waals surface area contributed by atoms with E-state index in [2.05, 4.69) is 10.4 Å². The van der Waals surface area contributed by atoms with E-state index < -0.39 is 11.4 Å². The number of carboxylic acids is 1. The Labute approximate surface area is 154 Å². The molecule has 2 aromatic rings. The number of nitrogens with zero attached hydrogens (tertiary/aromatic N) is 2. The number of hydrogen-bond acceptors (Lipinski definition) is 3. The van der Waals surface area contributed by atoms with Gasteiger partial charge in [-0.2, -0.15) is 5.10 Å². The zero-order valence-corrected chi connectivity index (χ0v) is 16.0. The second kappa shape index (κ2) is 8.02. The molecule has 0 fully saturated rings. The molecule has 0 saturated carbocycles. The van der Waals surface area contributed by atoms with Crippen molar-refractivity contribution in [3.8, 4) is 5.69 Å². The highest BCUT2D eigenvalue weighted by Gasteiger charge is 2.34. The van der Waals surface area contributed by atoms with Crippen LogP contribution in [0.4, 0.5) is 0 Å². The smallest absolute Gasteiger partial charge is 0.310 e. The number of hydrogen-bond donors (Lipinski definition) is 2. The van der Waals surface area contributed by atoms with Gasteiger partial charge < -0.3 is 10.4 Å². The highest BCUT2D eigenvalue weighted by Crippen LogP contribution is 2.26. The van der Waals surface area contributed by atoms with Crippen LogP contribution in [0.2, 0.25) is 5.02 Å². The van der Waals surface area contributed by atoms with Crippen LogP contribution in [0.25, 0.3) is 5.69 Å². The molecule has 1 aromatic heterocycles. The second-order valence-corrected chi connectivity index (χ2v) is 6.87. The number of carbonyl (C=O) groups is 1. The van der Waals surface area contributed by atoms with E-state index in [0.29, 0.717) is 31.0 Å². The standard InChI is InChI=1S/C19H26ClN3O2/c1-5-19(6-2,18(24)25)12-21-11-17-13(3)22-23(14(17)4)16-9-7-15(20)8-10-16/h7-10,21H,5-6,11-12H2,1-4H3,(H,24,25). The molecule has 136 valence electrons. The number of aryl methyl sites for hydroxylation is 1. The monoisotopic (exact) mass is 363 g/mol. The lowest BCUT2D eigenvalue weighted by Crippen LogP contribution is -2.40. The Morgan fingerprint density at radius 2 is 1.84 bits per heavy atom. The fraction of sp³-hybridized carbons (Fsp3) is 0.474. The van der Waals surface area contributed by atoms with E-state index in [9.17, 15) is 9.90 Å². The highest BCUT2D eigenvalue weighted by molar-refractivity contribution is 6.30. The summed E-state index contributed by atoms with van der Waals surface area (Å²) in [5.41, 5.74) is 3.32. The van der Waals surface area contributed by atoms with Crippen molar-refractivity contribution in [2.75, 3.05) is 6.54 Å². The number of aliphatic carboxylic acids is 1. The van der Waals surface area contributed by atoms with Gasteiger partial charge >= 0.3 is 5.97 Å². The van der Waals surface area contributed by atoms with Gasteiger partial charge in [-0.05, 0) is 51.0 Å². The Balaban J connectivity index is 2.16. The van der Waals surface area contributed by atoms with E-state index in [-0.39, 0.29) is 0 Å². The molecule has 0 spiro atoms. The predicted molar refractivity (Wildman–Crippen MR) is 100 cm³/mol. The molecular weight excluding hydrogens is 338 g/mol. The van der Waals surface area contributed by atoms with Gasteiger partial charge in [0.2, 0.25) is 0 Å². The average Bonchev–Trinajstić information content (AvgIpc) is 2.87. The summed E-state index contributed by atoms with van der Waals surface area (Å²) < 4.78 is 1.90. The van der Waals surface area contributed by atoms with Crippen LogP contribution in [0, 0.1) is 19.3 Å². The SMILES string of the molecule is CCC(CC)(CNCc1c(C)nn(-c2ccc(Cl)cc2)c1C)C(=O)O. The summed E-state index contributed by atoms with van der Waals surface area (Å²) in [6.45, 7) is 8.89. The van der Waals surface area contributed by atoms with Crippen molar-refractivity contribution in [2.45, 2.75) is 47.1 Å². The van der Waals surface area contributed by atoms with E-state index in [1.807, 2.05) is 56.6 Å². The van der Waals surface area contributed by atoms with Crippen molar-refractivity contribution in [1.29, 1.82) is 0 Å². The van der Waals surface area contributed by atoms with Crippen molar-refractivity contribution in [3.63, 3.8) is 0 Å². The predicted octanol–water partition coefficient (Wildman–Crippen LogP) is 4.12. The van der Waals surface area contributed by atoms with E-state index in [4.69, 9.17) is 11.6 Å². The minimum Gasteiger partial charge on any atom is -0.481 e. The molecule has 0 atom stereocenters. The molecule has 0 saturated heterocycles. The number of nitrogens with one attached hydrogen (secondary N) is 1. The molecule has 6 heteroatoms. The molecule has 0 radical (unpaired) electrons. The summed E-state index contributed by atoms with van der Waals surface area (Å²) in [5.74, 6) is -0.740. The zero-order valence-electron chi connectivity index (χ0n) is 15.3. The molecular formula is C19H26ClN3O2. The lowest BCUT2D eigenvalue weighted by Gasteiger charge is -2.27. The van der Waals surface area contributed by atoms with Crippen molar-refractivity contribution in [3.05, 3.63) is 46.2 Å². The maximum atomic E-state index is 11.6. The molecule has 5 nitrogen and oxygen atoms in total. The zero-order chi connectivity index (χ0) is 18.6. The third-order valence-corrected chi connectivity index (χ3v) is 5.34. The number of aromatic nitrogens is 2. The Morgan fingerprint density at radius 1 is 1.24 bits per heavy atom. The molecule has 25 heavy (non-hydrogen) atoms. The van der Waals surface area contributed by atoms with Crippen LogP contribution in [0.15, 0.2) is 24.3 Å². The largest absolute Gasteiger partial charge is 0.481 e. The summed E-state index contributed by atoms with van der Waals surface area (Å²) in [4.78, 5) is 11.6. The van der Waals surface area contributed by atoms with Crippen molar-refractivity contribution >= 4 is 17.6 Å². The fourth-order valence-corrected chi connectivity index (χ4v) is 3.20. The van der Waals surface area contributed by atoms with Crippen LogP contribution in [0.5, 0.6) is 0 Å². The molecule has 1 aromatic carbocycles. The number of benzene rings is 1. The van der Waals surface area contributed by atoms with Gasteiger partial charge in [0, 0.05) is 29.4 Å². The van der Waals surface area contributed by atoms with Gasteiger partial charge in [-0.25, -0.2) is 4.68 Å². The number of carboxylic acid groups (broad SMARTS) is 1. The van der Waals surface area contributed by atoms with Crippen LogP contribution < -0.4 is 5.32 Å². The third-order valence-electron chi connectivity index (χ3n) is 5.08. The maximum Gasteiger partial charge on any atom is 0.310 e. The van der Waals surface area contributed by atoms with Crippen molar-refractivity contribution in [1.82, 2.24) is 15.1 Å². The van der Waals surface area contributed by atoms with Gasteiger partial charge in [-0.15, -0.1) is 0 Å². The van der Waals surface area contributed by atoms with Gasteiger partial charge in [-0.1, -0.05) is 25.4 Å². The first-order valence-corrected chi connectivity index (χ1v) is 8.97. The minimum absolute atomic E-state index is 0.445. The van der Waals surface area contributed by atoms with E-state index in [1.54, 1.807) is 0 Å². The van der Waals surface area contributed by atoms with Crippen LogP contribution in [-0.4, -0.2) is 27.4 Å². The van der Waals surface area contributed by atoms with E-state index in [1.165, 1.54) is 0 Å². The number of rotatable bonds is 8. The van der Waals surface area contributed by atoms with Crippen molar-refractivity contribution < 1.29 is 9.90 Å². The lowest BCUT2D eigenvalue weighted by molar-refractivity contribution is -0.149. The quantitative estimate of drug-likeness (QED) is 0.740. The molecule has 0 aliphatic carbocycles. The summed E-state index contributed by atoms with van der Waals surface area (Å²) in [6, 6.07) is 7.55. The Kier molecular flexibility index (Phi) is 6.25. The van der Waals surface area contributed by atoms with Crippen molar-refractivity contribution in [2.24, 2.45) is 5.41 Å². The topological polar surface area (TPSA) is 67.2 Å². The fourth-order valence-electron chi connectivity index (χ4n) is 3.07. The summed E-state index contributed by atoms with van der Waals surface area (Å²) >= 11 is 5.95. The normalized spacial score (nSPS) is 11.7. The molecule has 2 N–H and O–H groups in total. The molecule has 0 amide bonds. The first kappa shape index (κ1) is 19.5. The van der Waals surface area contributed by atoms with Gasteiger partial charge in [-0.3, -0.25) is 4.79 Å². The molecule has 0 aliphatic rings. The van der Waals surface area contributed by atoms with Crippen LogP contribution in [0.1, 0.15) is 43.6 Å². The molecule has 0 bridgehead atoms. The first-order valence-electron chi connectivity index (χ1n) is 8.59. The Bertz CT molecular complexity index is 734. The Hall–Kier alpha value is -1.85. The lowest BCUT2D eigenvalue weighted by atomic mass is 9.82. The highest BCUT2D eigenvalue weighted by atomic mass is 35.5. The molecule has 2 rings (SSSR count). The van der Waals surface area contributed by atoms with Gasteiger partial charge in [0.25, 0.3) is 0 Å².